The first kappa shape index (κ1) is 6.82. The summed E-state index contributed by atoms with van der Waals surface area (Å²) < 4.78 is 11.2. The maximum absolute atomic E-state index is 5.64. The Morgan fingerprint density at radius 3 is 3.10 bits per heavy atom. The van der Waals surface area contributed by atoms with Crippen LogP contribution < -0.4 is 0 Å². The molecule has 0 aliphatic carbocycles. The fourth-order valence-electron chi connectivity index (χ4n) is 1.70. The van der Waals surface area contributed by atoms with E-state index in [9.17, 15) is 0 Å². The molecule has 2 aliphatic rings. The van der Waals surface area contributed by atoms with Gasteiger partial charge in [0.25, 0.3) is 0 Å². The summed E-state index contributed by atoms with van der Waals surface area (Å²) in [6.07, 6.45) is 4.05. The van der Waals surface area contributed by atoms with Crippen LogP contribution >= 0.6 is 0 Å². The average molecular weight is 157 g/mol. The topological polar surface area (TPSA) is 18.5 Å². The van der Waals surface area contributed by atoms with Gasteiger partial charge >= 0.3 is 0 Å². The third kappa shape index (κ3) is 1.13. The van der Waals surface area contributed by atoms with Gasteiger partial charge in [-0.1, -0.05) is 12.8 Å². The van der Waals surface area contributed by atoms with Gasteiger partial charge in [0.15, 0.2) is 0 Å². The molecule has 2 unspecified atom stereocenters. The molecule has 0 aromatic heterocycles. The zero-order valence-electron chi connectivity index (χ0n) is 6.30. The molecular formula is C7H13O2Si. The third-order valence-electron chi connectivity index (χ3n) is 2.17. The number of rotatable bonds is 0. The van der Waals surface area contributed by atoms with Crippen molar-refractivity contribution in [3.8, 4) is 0 Å². The van der Waals surface area contributed by atoms with Crippen molar-refractivity contribution in [2.24, 2.45) is 0 Å². The van der Waals surface area contributed by atoms with Gasteiger partial charge in [-0.2, -0.15) is 0 Å². The first-order valence-corrected chi connectivity index (χ1v) is 5.73. The molecule has 2 rings (SSSR count). The molecular weight excluding hydrogens is 144 g/mol. The standard InChI is InChI=1S/C7H13O2Si/c1-6-8-7-4-2-3-5-10(7)9-6/h6-7H,2-5H2,1H3. The van der Waals surface area contributed by atoms with Crippen molar-refractivity contribution in [3.63, 3.8) is 0 Å². The van der Waals surface area contributed by atoms with Crippen LogP contribution in [-0.4, -0.2) is 21.1 Å². The highest BCUT2D eigenvalue weighted by Gasteiger charge is 2.37. The normalized spacial score (nSPS) is 41.7. The average Bonchev–Trinajstić information content (AvgIpc) is 2.27. The van der Waals surface area contributed by atoms with Crippen LogP contribution in [0.5, 0.6) is 0 Å². The molecule has 10 heavy (non-hydrogen) atoms. The minimum absolute atomic E-state index is 0.0944. The highest BCUT2D eigenvalue weighted by atomic mass is 28.3. The molecule has 0 aromatic carbocycles. The maximum Gasteiger partial charge on any atom is 0.245 e. The van der Waals surface area contributed by atoms with Crippen LogP contribution in [0.4, 0.5) is 0 Å². The molecule has 3 heteroatoms. The minimum atomic E-state index is -0.525. The Morgan fingerprint density at radius 2 is 2.30 bits per heavy atom. The van der Waals surface area contributed by atoms with E-state index in [1.807, 2.05) is 6.92 Å². The summed E-state index contributed by atoms with van der Waals surface area (Å²) in [5.74, 6) is 0. The van der Waals surface area contributed by atoms with Crippen molar-refractivity contribution in [2.45, 2.75) is 44.2 Å². The first-order valence-electron chi connectivity index (χ1n) is 4.04. The van der Waals surface area contributed by atoms with Gasteiger partial charge in [-0.15, -0.1) is 0 Å². The Kier molecular flexibility index (Phi) is 1.80. The third-order valence-corrected chi connectivity index (χ3v) is 4.80. The second-order valence-corrected chi connectivity index (χ2v) is 5.33. The largest absolute Gasteiger partial charge is 0.390 e. The summed E-state index contributed by atoms with van der Waals surface area (Å²) in [6.45, 7) is 2.01. The van der Waals surface area contributed by atoms with Crippen molar-refractivity contribution in [1.29, 1.82) is 0 Å². The highest BCUT2D eigenvalue weighted by molar-refractivity contribution is 6.54. The van der Waals surface area contributed by atoms with Crippen LogP contribution in [0.1, 0.15) is 26.2 Å². The summed E-state index contributed by atoms with van der Waals surface area (Å²) >= 11 is 0. The molecule has 0 saturated carbocycles. The Morgan fingerprint density at radius 1 is 1.40 bits per heavy atom. The maximum atomic E-state index is 5.64. The van der Waals surface area contributed by atoms with E-state index in [1.165, 1.54) is 25.3 Å². The molecule has 0 spiro atoms. The fraction of sp³-hybridized carbons (Fsp3) is 1.00. The molecule has 2 saturated heterocycles. The zero-order chi connectivity index (χ0) is 6.97. The van der Waals surface area contributed by atoms with Crippen LogP contribution in [-0.2, 0) is 9.16 Å². The molecule has 2 nitrogen and oxygen atoms in total. The minimum Gasteiger partial charge on any atom is -0.390 e. The summed E-state index contributed by atoms with van der Waals surface area (Å²) in [5.41, 5.74) is 0.522. The van der Waals surface area contributed by atoms with E-state index in [4.69, 9.17) is 9.16 Å². The lowest BCUT2D eigenvalue weighted by atomic mass is 10.2. The summed E-state index contributed by atoms with van der Waals surface area (Å²) in [7, 11) is -0.525. The lowest BCUT2D eigenvalue weighted by molar-refractivity contribution is -0.0344. The van der Waals surface area contributed by atoms with Gasteiger partial charge in [-0.3, -0.25) is 0 Å². The second-order valence-electron chi connectivity index (χ2n) is 3.02. The van der Waals surface area contributed by atoms with Crippen LogP contribution in [0.25, 0.3) is 0 Å². The number of hydrogen-bond donors (Lipinski definition) is 0. The number of ether oxygens (including phenoxy) is 1. The lowest BCUT2D eigenvalue weighted by Crippen LogP contribution is -2.30. The predicted octanol–water partition coefficient (Wildman–Crippen LogP) is 1.46. The van der Waals surface area contributed by atoms with E-state index in [1.54, 1.807) is 0 Å². The molecule has 0 aromatic rings. The van der Waals surface area contributed by atoms with Gasteiger partial charge in [0, 0.05) is 0 Å². The predicted molar refractivity (Wildman–Crippen MR) is 39.8 cm³/mol. The summed E-state index contributed by atoms with van der Waals surface area (Å²) in [5, 5.41) is 0. The molecule has 0 amide bonds. The van der Waals surface area contributed by atoms with Gasteiger partial charge in [0.1, 0.15) is 6.29 Å². The highest BCUT2D eigenvalue weighted by Crippen LogP contribution is 2.28. The van der Waals surface area contributed by atoms with Gasteiger partial charge in [-0.05, 0) is 19.4 Å². The van der Waals surface area contributed by atoms with Crippen molar-refractivity contribution < 1.29 is 9.16 Å². The smallest absolute Gasteiger partial charge is 0.245 e. The Bertz CT molecular complexity index is 115. The monoisotopic (exact) mass is 157 g/mol. The number of fused-ring (bicyclic) bond motifs is 1. The van der Waals surface area contributed by atoms with E-state index in [-0.39, 0.29) is 6.29 Å². The van der Waals surface area contributed by atoms with Gasteiger partial charge in [0.2, 0.25) is 9.04 Å². The molecule has 2 atom stereocenters. The molecule has 2 aliphatic heterocycles. The van der Waals surface area contributed by atoms with Crippen LogP contribution in [0.2, 0.25) is 6.04 Å². The van der Waals surface area contributed by atoms with Crippen molar-refractivity contribution in [1.82, 2.24) is 0 Å². The molecule has 2 heterocycles. The van der Waals surface area contributed by atoms with Crippen molar-refractivity contribution in [2.75, 3.05) is 0 Å². The molecule has 1 radical (unpaired) electrons. The zero-order valence-corrected chi connectivity index (χ0v) is 7.30. The van der Waals surface area contributed by atoms with Crippen LogP contribution in [0.15, 0.2) is 0 Å². The van der Waals surface area contributed by atoms with E-state index in [0.717, 1.165) is 0 Å². The van der Waals surface area contributed by atoms with E-state index in [0.29, 0.717) is 5.73 Å². The first-order chi connectivity index (χ1) is 4.86. The second kappa shape index (κ2) is 2.64. The summed E-state index contributed by atoms with van der Waals surface area (Å²) in [6, 6.07) is 1.31. The van der Waals surface area contributed by atoms with E-state index in [2.05, 4.69) is 0 Å². The van der Waals surface area contributed by atoms with E-state index >= 15 is 0 Å². The Labute approximate surface area is 63.2 Å². The number of hydrogen-bond acceptors (Lipinski definition) is 2. The Hall–Kier alpha value is 0.137. The van der Waals surface area contributed by atoms with Gasteiger partial charge < -0.3 is 9.16 Å². The van der Waals surface area contributed by atoms with Gasteiger partial charge in [-0.25, -0.2) is 0 Å². The van der Waals surface area contributed by atoms with E-state index < -0.39 is 9.04 Å². The Balaban J connectivity index is 1.97. The molecule has 0 N–H and O–H groups in total. The fourth-order valence-corrected chi connectivity index (χ4v) is 4.24. The van der Waals surface area contributed by atoms with Crippen molar-refractivity contribution in [3.05, 3.63) is 0 Å². The molecule has 57 valence electrons. The van der Waals surface area contributed by atoms with Crippen molar-refractivity contribution >= 4 is 9.04 Å². The molecule has 0 bridgehead atoms. The summed E-state index contributed by atoms with van der Waals surface area (Å²) in [4.78, 5) is 0. The van der Waals surface area contributed by atoms with Crippen LogP contribution in [0.3, 0.4) is 0 Å². The van der Waals surface area contributed by atoms with Gasteiger partial charge in [0.05, 0.1) is 5.73 Å². The molecule has 2 fully saturated rings. The quantitative estimate of drug-likeness (QED) is 0.496. The SMILES string of the molecule is CC1OC2CCCC[Si]2O1. The van der Waals surface area contributed by atoms with Crippen LogP contribution in [0, 0.1) is 0 Å². The lowest BCUT2D eigenvalue weighted by Gasteiger charge is -2.18.